The monoisotopic (exact) mass is 440 g/mol. The molecule has 2 atom stereocenters. The van der Waals surface area contributed by atoms with Crippen molar-refractivity contribution in [2.45, 2.75) is 12.1 Å². The Labute approximate surface area is 185 Å². The van der Waals surface area contributed by atoms with Crippen LogP contribution in [0.25, 0.3) is 0 Å². The lowest BCUT2D eigenvalue weighted by Crippen LogP contribution is -2.34. The van der Waals surface area contributed by atoms with E-state index < -0.39 is 18.2 Å². The van der Waals surface area contributed by atoms with E-state index >= 15 is 0 Å². The third-order valence-electron chi connectivity index (χ3n) is 4.98. The molecule has 7 heteroatoms. The molecule has 1 heterocycles. The highest BCUT2D eigenvalue weighted by atomic mass is 35.5. The Morgan fingerprint density at radius 3 is 2.29 bits per heavy atom. The number of benzene rings is 3. The van der Waals surface area contributed by atoms with Crippen LogP contribution in [-0.2, 0) is 4.74 Å². The molecule has 0 radical (unpaired) electrons. The van der Waals surface area contributed by atoms with Gasteiger partial charge in [-0.2, -0.15) is 0 Å². The molecule has 0 aromatic heterocycles. The summed E-state index contributed by atoms with van der Waals surface area (Å²) in [5.41, 5.74) is 1.32. The molecule has 1 saturated heterocycles. The van der Waals surface area contributed by atoms with Crippen molar-refractivity contribution in [3.05, 3.63) is 89.2 Å². The third-order valence-corrected chi connectivity index (χ3v) is 5.23. The molecule has 0 saturated carbocycles. The molecule has 5 nitrogen and oxygen atoms in total. The largest absolute Gasteiger partial charge is 0.457 e. The number of rotatable bonds is 6. The van der Waals surface area contributed by atoms with Gasteiger partial charge in [0.05, 0.1) is 0 Å². The topological polar surface area (TPSA) is 42.0 Å². The molecule has 0 aliphatic carbocycles. The predicted octanol–water partition coefficient (Wildman–Crippen LogP) is 5.90. The van der Waals surface area contributed by atoms with Crippen LogP contribution in [0.2, 0.25) is 5.02 Å². The number of hydrogen-bond acceptors (Lipinski definition) is 4. The second kappa shape index (κ2) is 8.96. The second-order valence-electron chi connectivity index (χ2n) is 7.60. The highest BCUT2D eigenvalue weighted by molar-refractivity contribution is 6.30. The Hall–Kier alpha value is -3.09. The van der Waals surface area contributed by atoms with Gasteiger partial charge in [0.2, 0.25) is 0 Å². The zero-order valence-electron chi connectivity index (χ0n) is 17.2. The average molecular weight is 441 g/mol. The Balaban J connectivity index is 1.62. The summed E-state index contributed by atoms with van der Waals surface area (Å²) in [6.07, 6.45) is -0.901. The molecule has 3 aromatic carbocycles. The lowest BCUT2D eigenvalue weighted by Gasteiger charge is -2.26. The van der Waals surface area contributed by atoms with Crippen molar-refractivity contribution >= 4 is 23.4 Å². The summed E-state index contributed by atoms with van der Waals surface area (Å²) >= 11 is 5.91. The van der Waals surface area contributed by atoms with E-state index in [-0.39, 0.29) is 5.82 Å². The quantitative estimate of drug-likeness (QED) is 0.478. The molecule has 0 unspecified atom stereocenters. The molecular weight excluding hydrogens is 419 g/mol. The van der Waals surface area contributed by atoms with Crippen LogP contribution in [0.5, 0.6) is 11.5 Å². The fourth-order valence-corrected chi connectivity index (χ4v) is 3.79. The van der Waals surface area contributed by atoms with Gasteiger partial charge < -0.3 is 14.4 Å². The van der Waals surface area contributed by atoms with E-state index in [1.807, 2.05) is 25.1 Å². The van der Waals surface area contributed by atoms with Crippen molar-refractivity contribution in [2.24, 2.45) is 0 Å². The maximum Gasteiger partial charge on any atom is 0.415 e. The smallest absolute Gasteiger partial charge is 0.415 e. The van der Waals surface area contributed by atoms with E-state index in [4.69, 9.17) is 21.1 Å². The van der Waals surface area contributed by atoms with Crippen LogP contribution < -0.4 is 9.64 Å². The molecule has 1 amide bonds. The molecule has 0 bridgehead atoms. The number of ether oxygens (including phenoxy) is 2. The molecule has 3 aromatic rings. The highest BCUT2D eigenvalue weighted by Gasteiger charge is 2.43. The van der Waals surface area contributed by atoms with Crippen LogP contribution in [0.4, 0.5) is 14.9 Å². The van der Waals surface area contributed by atoms with Gasteiger partial charge in [-0.3, -0.25) is 4.90 Å². The molecule has 1 aliphatic heterocycles. The minimum absolute atomic E-state index is 0.355. The van der Waals surface area contributed by atoms with Gasteiger partial charge in [0, 0.05) is 17.3 Å². The number of cyclic esters (lactones) is 1. The van der Waals surface area contributed by atoms with Crippen molar-refractivity contribution in [2.75, 3.05) is 25.5 Å². The number of hydrogen-bond donors (Lipinski definition) is 0. The Morgan fingerprint density at radius 2 is 1.68 bits per heavy atom. The molecule has 31 heavy (non-hydrogen) atoms. The predicted molar refractivity (Wildman–Crippen MR) is 118 cm³/mol. The fourth-order valence-electron chi connectivity index (χ4n) is 3.66. The lowest BCUT2D eigenvalue weighted by atomic mass is 9.99. The number of carbonyl (C=O) groups is 1. The maximum atomic E-state index is 13.9. The first-order chi connectivity index (χ1) is 14.9. The molecule has 0 spiro atoms. The summed E-state index contributed by atoms with van der Waals surface area (Å²) in [5.74, 6) is 0.916. The van der Waals surface area contributed by atoms with Gasteiger partial charge in [0.1, 0.15) is 29.5 Å². The summed E-state index contributed by atoms with van der Waals surface area (Å²) in [6, 6.07) is 20.0. The van der Waals surface area contributed by atoms with Crippen LogP contribution in [0.1, 0.15) is 11.6 Å². The van der Waals surface area contributed by atoms with E-state index in [2.05, 4.69) is 0 Å². The van der Waals surface area contributed by atoms with Gasteiger partial charge in [-0.05, 0) is 80.3 Å². The zero-order valence-corrected chi connectivity index (χ0v) is 17.9. The van der Waals surface area contributed by atoms with Crippen LogP contribution in [-0.4, -0.2) is 37.7 Å². The number of carbonyl (C=O) groups excluding carboxylic acids is 1. The second-order valence-corrected chi connectivity index (χ2v) is 8.04. The van der Waals surface area contributed by atoms with Crippen molar-refractivity contribution in [3.8, 4) is 11.5 Å². The van der Waals surface area contributed by atoms with Gasteiger partial charge in [-0.15, -0.1) is 0 Å². The first-order valence-corrected chi connectivity index (χ1v) is 10.2. The van der Waals surface area contributed by atoms with Crippen molar-refractivity contribution in [1.29, 1.82) is 0 Å². The van der Waals surface area contributed by atoms with Crippen molar-refractivity contribution in [1.82, 2.24) is 4.90 Å². The zero-order chi connectivity index (χ0) is 22.0. The van der Waals surface area contributed by atoms with Crippen LogP contribution in [0.15, 0.2) is 72.8 Å². The minimum Gasteiger partial charge on any atom is -0.457 e. The number of likely N-dealkylation sites (N-methyl/N-ethyl adjacent to an activating group) is 1. The number of amides is 1. The summed E-state index contributed by atoms with van der Waals surface area (Å²) in [7, 11) is 3.81. The SMILES string of the molecule is CN(C)C[C@@H]1OC(=O)N(c2ccc(Oc3ccc(Cl)cc3)cc2)[C@H]1c1cccc(F)c1. The molecule has 1 fully saturated rings. The van der Waals surface area contributed by atoms with Gasteiger partial charge in [-0.1, -0.05) is 23.7 Å². The first kappa shape index (κ1) is 21.2. The van der Waals surface area contributed by atoms with E-state index in [1.165, 1.54) is 12.1 Å². The fraction of sp³-hybridized carbons (Fsp3) is 0.208. The Kier molecular flexibility index (Phi) is 6.11. The maximum absolute atomic E-state index is 13.9. The van der Waals surface area contributed by atoms with Crippen molar-refractivity contribution in [3.63, 3.8) is 0 Å². The Morgan fingerprint density at radius 1 is 1.03 bits per heavy atom. The van der Waals surface area contributed by atoms with Crippen molar-refractivity contribution < 1.29 is 18.7 Å². The number of halogens is 2. The third kappa shape index (κ3) is 4.81. The van der Waals surface area contributed by atoms with Crippen LogP contribution in [0, 0.1) is 5.82 Å². The van der Waals surface area contributed by atoms with Gasteiger partial charge >= 0.3 is 6.09 Å². The van der Waals surface area contributed by atoms with Gasteiger partial charge in [0.25, 0.3) is 0 Å². The average Bonchev–Trinajstić information content (AvgIpc) is 3.05. The standard InChI is InChI=1S/C24H22ClFN2O3/c1-27(2)15-22-23(16-4-3-5-18(26)14-16)28(24(29)31-22)19-8-12-21(13-9-19)30-20-10-6-17(25)7-11-20/h3-14,22-23H,15H2,1-2H3/t22-,23-/m0/s1. The van der Waals surface area contributed by atoms with Gasteiger partial charge in [-0.25, -0.2) is 9.18 Å². The Bertz CT molecular complexity index is 1060. The summed E-state index contributed by atoms with van der Waals surface area (Å²) in [5, 5.41) is 0.630. The van der Waals surface area contributed by atoms with Crippen LogP contribution >= 0.6 is 11.6 Å². The summed E-state index contributed by atoms with van der Waals surface area (Å²) in [4.78, 5) is 16.3. The number of nitrogens with zero attached hydrogens (tertiary/aromatic N) is 2. The number of anilines is 1. The molecule has 0 N–H and O–H groups in total. The van der Waals surface area contributed by atoms with E-state index in [0.29, 0.717) is 34.3 Å². The highest BCUT2D eigenvalue weighted by Crippen LogP contribution is 2.38. The molecular formula is C24H22ClFN2O3. The van der Waals surface area contributed by atoms with E-state index in [0.717, 1.165) is 0 Å². The van der Waals surface area contributed by atoms with Gasteiger partial charge in [0.15, 0.2) is 0 Å². The molecule has 4 rings (SSSR count). The minimum atomic E-state index is -0.465. The lowest BCUT2D eigenvalue weighted by molar-refractivity contribution is 0.111. The van der Waals surface area contributed by atoms with Crippen LogP contribution in [0.3, 0.4) is 0 Å². The normalized spacial score (nSPS) is 18.4. The molecule has 160 valence electrons. The molecule has 1 aliphatic rings. The summed E-state index contributed by atoms with van der Waals surface area (Å²) in [6.45, 7) is 0.515. The first-order valence-electron chi connectivity index (χ1n) is 9.84. The van der Waals surface area contributed by atoms with E-state index in [9.17, 15) is 9.18 Å². The summed E-state index contributed by atoms with van der Waals surface area (Å²) < 4.78 is 25.4. The van der Waals surface area contributed by atoms with E-state index in [1.54, 1.807) is 59.5 Å².